The van der Waals surface area contributed by atoms with Crippen molar-refractivity contribution in [3.05, 3.63) is 0 Å². The smallest absolute Gasteiger partial charge is 0.239 e. The first-order chi connectivity index (χ1) is 8.82. The third-order valence-electron chi connectivity index (χ3n) is 4.03. The van der Waals surface area contributed by atoms with Crippen LogP contribution in [0.2, 0.25) is 0 Å². The van der Waals surface area contributed by atoms with Crippen LogP contribution in [0.1, 0.15) is 40.5 Å². The Balaban J connectivity index is 2.62. The lowest BCUT2D eigenvalue weighted by Gasteiger charge is -2.38. The highest BCUT2D eigenvalue weighted by molar-refractivity contribution is 5.82. The first-order valence-corrected chi connectivity index (χ1v) is 7.54. The second kappa shape index (κ2) is 7.25. The lowest BCUT2D eigenvalue weighted by atomic mass is 9.98. The first-order valence-electron chi connectivity index (χ1n) is 7.54. The van der Waals surface area contributed by atoms with Crippen LogP contribution in [0.3, 0.4) is 0 Å². The molecule has 0 aromatic carbocycles. The monoisotopic (exact) mass is 269 g/mol. The molecule has 0 spiro atoms. The van der Waals surface area contributed by atoms with Gasteiger partial charge < -0.3 is 15.1 Å². The van der Waals surface area contributed by atoms with Crippen molar-refractivity contribution in [2.75, 3.05) is 27.2 Å². The molecule has 1 aliphatic rings. The van der Waals surface area contributed by atoms with E-state index in [9.17, 15) is 4.79 Å². The minimum atomic E-state index is -0.0651. The molecule has 0 aliphatic carbocycles. The molecule has 1 fully saturated rings. The molecule has 0 bridgehead atoms. The Labute approximate surface area is 118 Å². The molecular weight excluding hydrogens is 238 g/mol. The fourth-order valence-electron chi connectivity index (χ4n) is 2.69. The van der Waals surface area contributed by atoms with E-state index in [1.807, 2.05) is 11.9 Å². The van der Waals surface area contributed by atoms with Gasteiger partial charge in [-0.2, -0.15) is 0 Å². The van der Waals surface area contributed by atoms with E-state index >= 15 is 0 Å². The van der Waals surface area contributed by atoms with Gasteiger partial charge in [0.05, 0.1) is 6.04 Å². The Morgan fingerprint density at radius 2 is 1.74 bits per heavy atom. The highest BCUT2D eigenvalue weighted by Gasteiger charge is 2.30. The maximum Gasteiger partial charge on any atom is 0.239 e. The normalized spacial score (nSPS) is 20.0. The van der Waals surface area contributed by atoms with Crippen molar-refractivity contribution in [2.24, 2.45) is 5.92 Å². The number of likely N-dealkylation sites (tertiary alicyclic amines) is 1. The van der Waals surface area contributed by atoms with Crippen molar-refractivity contribution in [3.8, 4) is 0 Å². The van der Waals surface area contributed by atoms with Gasteiger partial charge in [0.1, 0.15) is 0 Å². The van der Waals surface area contributed by atoms with Crippen LogP contribution in [-0.2, 0) is 4.79 Å². The van der Waals surface area contributed by atoms with Gasteiger partial charge in [0, 0.05) is 19.1 Å². The Morgan fingerprint density at radius 1 is 1.21 bits per heavy atom. The SMILES string of the molecule is CC(C)NC(C(=O)N(C)C1CCN(C)CC1)C(C)C. The summed E-state index contributed by atoms with van der Waals surface area (Å²) in [7, 11) is 4.12. The number of nitrogens with one attached hydrogen (secondary N) is 1. The number of hydrogen-bond donors (Lipinski definition) is 1. The highest BCUT2D eigenvalue weighted by Crippen LogP contribution is 2.17. The molecule has 1 atom stereocenters. The lowest BCUT2D eigenvalue weighted by molar-refractivity contribution is -0.136. The number of carbonyl (C=O) groups is 1. The van der Waals surface area contributed by atoms with Crippen molar-refractivity contribution in [3.63, 3.8) is 0 Å². The highest BCUT2D eigenvalue weighted by atomic mass is 16.2. The summed E-state index contributed by atoms with van der Waals surface area (Å²) < 4.78 is 0. The Morgan fingerprint density at radius 3 is 2.16 bits per heavy atom. The average Bonchev–Trinajstić information content (AvgIpc) is 2.34. The number of nitrogens with zero attached hydrogens (tertiary/aromatic N) is 2. The number of carbonyl (C=O) groups excluding carboxylic acids is 1. The van der Waals surface area contributed by atoms with Gasteiger partial charge in [-0.05, 0) is 38.9 Å². The Kier molecular flexibility index (Phi) is 6.27. The van der Waals surface area contributed by atoms with Crippen LogP contribution < -0.4 is 5.32 Å². The summed E-state index contributed by atoms with van der Waals surface area (Å²) in [5, 5.41) is 3.41. The molecule has 112 valence electrons. The number of likely N-dealkylation sites (N-methyl/N-ethyl adjacent to an activating group) is 1. The van der Waals surface area contributed by atoms with Crippen LogP contribution in [-0.4, -0.2) is 61.0 Å². The topological polar surface area (TPSA) is 35.6 Å². The van der Waals surface area contributed by atoms with Crippen LogP contribution >= 0.6 is 0 Å². The Hall–Kier alpha value is -0.610. The molecule has 0 saturated carbocycles. The van der Waals surface area contributed by atoms with Crippen molar-refractivity contribution in [2.45, 2.75) is 58.7 Å². The van der Waals surface area contributed by atoms with Crippen LogP contribution in [0, 0.1) is 5.92 Å². The molecule has 1 heterocycles. The van der Waals surface area contributed by atoms with Crippen LogP contribution in [0.5, 0.6) is 0 Å². The molecule has 1 saturated heterocycles. The summed E-state index contributed by atoms with van der Waals surface area (Å²) in [5.74, 6) is 0.571. The van der Waals surface area contributed by atoms with Gasteiger partial charge in [0.25, 0.3) is 0 Å². The quantitative estimate of drug-likeness (QED) is 0.823. The van der Waals surface area contributed by atoms with Gasteiger partial charge in [0.15, 0.2) is 0 Å². The molecule has 0 aromatic rings. The molecule has 1 aliphatic heterocycles. The third-order valence-corrected chi connectivity index (χ3v) is 4.03. The summed E-state index contributed by atoms with van der Waals surface area (Å²) in [6.07, 6.45) is 2.18. The number of hydrogen-bond acceptors (Lipinski definition) is 3. The minimum absolute atomic E-state index is 0.0651. The molecule has 0 aromatic heterocycles. The molecule has 19 heavy (non-hydrogen) atoms. The van der Waals surface area contributed by atoms with E-state index in [-0.39, 0.29) is 11.9 Å². The fourth-order valence-corrected chi connectivity index (χ4v) is 2.69. The molecule has 4 heteroatoms. The van der Waals surface area contributed by atoms with E-state index in [1.54, 1.807) is 0 Å². The zero-order valence-corrected chi connectivity index (χ0v) is 13.4. The van der Waals surface area contributed by atoms with Crippen molar-refractivity contribution in [1.29, 1.82) is 0 Å². The van der Waals surface area contributed by atoms with Gasteiger partial charge in [-0.3, -0.25) is 4.79 Å². The van der Waals surface area contributed by atoms with E-state index in [1.165, 1.54) is 0 Å². The maximum absolute atomic E-state index is 12.7. The van der Waals surface area contributed by atoms with E-state index in [0.29, 0.717) is 18.0 Å². The van der Waals surface area contributed by atoms with Crippen LogP contribution in [0.25, 0.3) is 0 Å². The van der Waals surface area contributed by atoms with Crippen LogP contribution in [0.15, 0.2) is 0 Å². The molecule has 1 amide bonds. The third kappa shape index (κ3) is 4.77. The van der Waals surface area contributed by atoms with E-state index in [4.69, 9.17) is 0 Å². The minimum Gasteiger partial charge on any atom is -0.341 e. The lowest BCUT2D eigenvalue weighted by Crippen LogP contribution is -2.54. The van der Waals surface area contributed by atoms with Crippen molar-refractivity contribution >= 4 is 5.91 Å². The van der Waals surface area contributed by atoms with Crippen molar-refractivity contribution in [1.82, 2.24) is 15.1 Å². The first kappa shape index (κ1) is 16.4. The standard InChI is InChI=1S/C15H31N3O/c1-11(2)14(16-12(3)4)15(19)18(6)13-7-9-17(5)10-8-13/h11-14,16H,7-10H2,1-6H3. The molecular formula is C15H31N3O. The number of piperidine rings is 1. The predicted molar refractivity (Wildman–Crippen MR) is 80.2 cm³/mol. The zero-order chi connectivity index (χ0) is 14.6. The molecule has 0 radical (unpaired) electrons. The van der Waals surface area contributed by atoms with E-state index < -0.39 is 0 Å². The summed E-state index contributed by atoms with van der Waals surface area (Å²) >= 11 is 0. The van der Waals surface area contributed by atoms with Gasteiger partial charge >= 0.3 is 0 Å². The summed E-state index contributed by atoms with van der Waals surface area (Å²) in [4.78, 5) is 17.0. The summed E-state index contributed by atoms with van der Waals surface area (Å²) in [5.41, 5.74) is 0. The second-order valence-electron chi connectivity index (χ2n) is 6.53. The maximum atomic E-state index is 12.7. The van der Waals surface area contributed by atoms with Crippen molar-refractivity contribution < 1.29 is 4.79 Å². The van der Waals surface area contributed by atoms with Gasteiger partial charge in [-0.15, -0.1) is 0 Å². The molecule has 4 nitrogen and oxygen atoms in total. The molecule has 1 unspecified atom stereocenters. The van der Waals surface area contributed by atoms with E-state index in [0.717, 1.165) is 25.9 Å². The van der Waals surface area contributed by atoms with Gasteiger partial charge in [0.2, 0.25) is 5.91 Å². The fraction of sp³-hybridized carbons (Fsp3) is 0.933. The summed E-state index contributed by atoms with van der Waals surface area (Å²) in [6.45, 7) is 10.6. The van der Waals surface area contributed by atoms with E-state index in [2.05, 4.69) is 45.0 Å². The van der Waals surface area contributed by atoms with Crippen LogP contribution in [0.4, 0.5) is 0 Å². The second-order valence-corrected chi connectivity index (χ2v) is 6.53. The molecule has 1 N–H and O–H groups in total. The largest absolute Gasteiger partial charge is 0.341 e. The Bertz CT molecular complexity index is 283. The predicted octanol–water partition coefficient (Wildman–Crippen LogP) is 1.56. The number of rotatable bonds is 5. The van der Waals surface area contributed by atoms with Gasteiger partial charge in [-0.1, -0.05) is 27.7 Å². The number of amides is 1. The molecule has 1 rings (SSSR count). The van der Waals surface area contributed by atoms with Gasteiger partial charge in [-0.25, -0.2) is 0 Å². The average molecular weight is 269 g/mol. The zero-order valence-electron chi connectivity index (χ0n) is 13.4. The summed E-state index contributed by atoms with van der Waals surface area (Å²) in [6, 6.07) is 0.672.